The van der Waals surface area contributed by atoms with E-state index < -0.39 is 5.97 Å². The Morgan fingerprint density at radius 2 is 1.69 bits per heavy atom. The maximum atomic E-state index is 12.1. The van der Waals surface area contributed by atoms with Gasteiger partial charge in [-0.05, 0) is 24.5 Å². The van der Waals surface area contributed by atoms with Crippen molar-refractivity contribution in [3.8, 4) is 11.4 Å². The third-order valence-corrected chi connectivity index (χ3v) is 4.38. The van der Waals surface area contributed by atoms with E-state index in [1.54, 1.807) is 12.1 Å². The van der Waals surface area contributed by atoms with Crippen LogP contribution in [0, 0.1) is 5.92 Å². The number of methoxy groups -OCH3 is 1. The fourth-order valence-corrected chi connectivity index (χ4v) is 2.83. The van der Waals surface area contributed by atoms with Gasteiger partial charge < -0.3 is 15.4 Å². The summed E-state index contributed by atoms with van der Waals surface area (Å²) in [5.41, 5.74) is 2.00. The van der Waals surface area contributed by atoms with Gasteiger partial charge in [-0.1, -0.05) is 56.3 Å². The summed E-state index contributed by atoms with van der Waals surface area (Å²) in [4.78, 5) is 21.4. The van der Waals surface area contributed by atoms with Crippen LogP contribution in [0.2, 0.25) is 0 Å². The number of benzene rings is 2. The molecule has 1 heterocycles. The minimum Gasteiger partial charge on any atom is -0.465 e. The van der Waals surface area contributed by atoms with Gasteiger partial charge in [-0.25, -0.2) is 14.8 Å². The maximum Gasteiger partial charge on any atom is 0.339 e. The van der Waals surface area contributed by atoms with Crippen LogP contribution in [0.5, 0.6) is 0 Å². The molecule has 0 unspecified atom stereocenters. The van der Waals surface area contributed by atoms with Crippen molar-refractivity contribution in [3.63, 3.8) is 0 Å². The van der Waals surface area contributed by atoms with E-state index in [-0.39, 0.29) is 0 Å². The highest BCUT2D eigenvalue weighted by Crippen LogP contribution is 2.25. The van der Waals surface area contributed by atoms with Crippen molar-refractivity contribution in [1.82, 2.24) is 9.97 Å². The molecular weight excluding hydrogens is 364 g/mol. The molecule has 0 saturated carbocycles. The summed E-state index contributed by atoms with van der Waals surface area (Å²) in [7, 11) is 1.37. The molecule has 3 rings (SSSR count). The number of para-hydroxylation sites is 1. The molecule has 0 fully saturated rings. The van der Waals surface area contributed by atoms with E-state index in [9.17, 15) is 4.79 Å². The number of nitrogens with one attached hydrogen (secondary N) is 2. The smallest absolute Gasteiger partial charge is 0.339 e. The predicted octanol–water partition coefficient (Wildman–Crippen LogP) is 5.13. The minimum atomic E-state index is -0.402. The fraction of sp³-hybridized carbons (Fsp3) is 0.261. The Morgan fingerprint density at radius 1 is 1.00 bits per heavy atom. The lowest BCUT2D eigenvalue weighted by atomic mass is 10.1. The van der Waals surface area contributed by atoms with Crippen LogP contribution in [0.1, 0.15) is 30.6 Å². The zero-order valence-corrected chi connectivity index (χ0v) is 17.0. The van der Waals surface area contributed by atoms with E-state index in [1.165, 1.54) is 7.11 Å². The zero-order valence-electron chi connectivity index (χ0n) is 17.0. The van der Waals surface area contributed by atoms with Crippen LogP contribution in [-0.2, 0) is 4.74 Å². The average molecular weight is 390 g/mol. The Balaban J connectivity index is 1.94. The molecule has 0 atom stereocenters. The molecule has 6 nitrogen and oxygen atoms in total. The quantitative estimate of drug-likeness (QED) is 0.519. The molecule has 0 amide bonds. The van der Waals surface area contributed by atoms with Crippen molar-refractivity contribution in [2.45, 2.75) is 20.3 Å². The van der Waals surface area contributed by atoms with Gasteiger partial charge in [-0.3, -0.25) is 0 Å². The van der Waals surface area contributed by atoms with Gasteiger partial charge in [0.05, 0.1) is 18.4 Å². The Labute approximate surface area is 171 Å². The monoisotopic (exact) mass is 390 g/mol. The number of carbonyl (C=O) groups is 1. The third-order valence-electron chi connectivity index (χ3n) is 4.38. The van der Waals surface area contributed by atoms with E-state index in [2.05, 4.69) is 34.4 Å². The lowest BCUT2D eigenvalue weighted by molar-refractivity contribution is 0.0602. The van der Waals surface area contributed by atoms with Crippen LogP contribution in [-0.4, -0.2) is 29.6 Å². The molecule has 0 aliphatic carbocycles. The van der Waals surface area contributed by atoms with Crippen LogP contribution >= 0.6 is 0 Å². The van der Waals surface area contributed by atoms with Crippen molar-refractivity contribution in [2.24, 2.45) is 5.92 Å². The molecule has 2 aromatic carbocycles. The van der Waals surface area contributed by atoms with Gasteiger partial charge in [0.1, 0.15) is 11.6 Å². The SMILES string of the molecule is COC(=O)c1ccccc1Nc1cc(NCCC(C)C)nc(-c2ccccc2)n1. The number of anilines is 3. The molecule has 2 N–H and O–H groups in total. The lowest BCUT2D eigenvalue weighted by Crippen LogP contribution is -2.09. The largest absolute Gasteiger partial charge is 0.465 e. The number of rotatable bonds is 8. The first-order valence-corrected chi connectivity index (χ1v) is 9.69. The number of carbonyl (C=O) groups excluding carboxylic acids is 1. The lowest BCUT2D eigenvalue weighted by Gasteiger charge is -2.14. The Kier molecular flexibility index (Phi) is 6.79. The summed E-state index contributed by atoms with van der Waals surface area (Å²) in [6, 6.07) is 18.9. The van der Waals surface area contributed by atoms with Crippen LogP contribution in [0.3, 0.4) is 0 Å². The van der Waals surface area contributed by atoms with E-state index in [1.807, 2.05) is 48.5 Å². The normalized spacial score (nSPS) is 10.6. The fourth-order valence-electron chi connectivity index (χ4n) is 2.83. The molecule has 0 spiro atoms. The highest BCUT2D eigenvalue weighted by atomic mass is 16.5. The Morgan fingerprint density at radius 3 is 2.41 bits per heavy atom. The second-order valence-electron chi connectivity index (χ2n) is 7.10. The van der Waals surface area contributed by atoms with E-state index >= 15 is 0 Å². The number of hydrogen-bond donors (Lipinski definition) is 2. The summed E-state index contributed by atoms with van der Waals surface area (Å²) in [5, 5.41) is 6.62. The summed E-state index contributed by atoms with van der Waals surface area (Å²) in [5.74, 6) is 2.14. The minimum absolute atomic E-state index is 0.402. The standard InChI is InChI=1S/C23H26N4O2/c1-16(2)13-14-24-20-15-21(27-22(26-20)17-9-5-4-6-10-17)25-19-12-8-7-11-18(19)23(28)29-3/h4-12,15-16H,13-14H2,1-3H3,(H2,24,25,26,27). The van der Waals surface area contributed by atoms with E-state index in [4.69, 9.17) is 4.74 Å². The molecular formula is C23H26N4O2. The summed E-state index contributed by atoms with van der Waals surface area (Å²) >= 11 is 0. The third kappa shape index (κ3) is 5.54. The second-order valence-corrected chi connectivity index (χ2v) is 7.10. The first kappa shape index (κ1) is 20.3. The van der Waals surface area contributed by atoms with Gasteiger partial charge in [-0.2, -0.15) is 0 Å². The predicted molar refractivity (Wildman–Crippen MR) is 116 cm³/mol. The Hall–Kier alpha value is -3.41. The number of ether oxygens (including phenoxy) is 1. The van der Waals surface area contributed by atoms with Crippen molar-refractivity contribution < 1.29 is 9.53 Å². The van der Waals surface area contributed by atoms with Crippen molar-refractivity contribution in [3.05, 3.63) is 66.2 Å². The van der Waals surface area contributed by atoms with Crippen molar-refractivity contribution in [1.29, 1.82) is 0 Å². The molecule has 0 saturated heterocycles. The molecule has 3 aromatic rings. The highest BCUT2D eigenvalue weighted by molar-refractivity contribution is 5.96. The van der Waals surface area contributed by atoms with Gasteiger partial charge in [0.2, 0.25) is 0 Å². The topological polar surface area (TPSA) is 76.1 Å². The molecule has 0 bridgehead atoms. The van der Waals surface area contributed by atoms with Gasteiger partial charge in [-0.15, -0.1) is 0 Å². The van der Waals surface area contributed by atoms with Crippen molar-refractivity contribution >= 4 is 23.3 Å². The second kappa shape index (κ2) is 9.68. The first-order valence-electron chi connectivity index (χ1n) is 9.69. The number of esters is 1. The van der Waals surface area contributed by atoms with Gasteiger partial charge >= 0.3 is 5.97 Å². The molecule has 0 aliphatic rings. The zero-order chi connectivity index (χ0) is 20.6. The number of aromatic nitrogens is 2. The summed E-state index contributed by atoms with van der Waals surface area (Å²) in [6.45, 7) is 5.20. The first-order chi connectivity index (χ1) is 14.1. The summed E-state index contributed by atoms with van der Waals surface area (Å²) in [6.07, 6.45) is 1.04. The van der Waals surface area contributed by atoms with Crippen molar-refractivity contribution in [2.75, 3.05) is 24.3 Å². The molecule has 1 aromatic heterocycles. The van der Waals surface area contributed by atoms with Crippen LogP contribution < -0.4 is 10.6 Å². The van der Waals surface area contributed by atoms with Gasteiger partial charge in [0.15, 0.2) is 5.82 Å². The number of hydrogen-bond acceptors (Lipinski definition) is 6. The van der Waals surface area contributed by atoms with Crippen LogP contribution in [0.25, 0.3) is 11.4 Å². The van der Waals surface area contributed by atoms with E-state index in [0.717, 1.165) is 24.3 Å². The Bertz CT molecular complexity index is 958. The maximum absolute atomic E-state index is 12.1. The van der Waals surface area contributed by atoms with Gasteiger partial charge in [0, 0.05) is 18.2 Å². The van der Waals surface area contributed by atoms with Crippen LogP contribution in [0.15, 0.2) is 60.7 Å². The number of nitrogens with zero attached hydrogens (tertiary/aromatic N) is 2. The van der Waals surface area contributed by atoms with E-state index in [0.29, 0.717) is 28.8 Å². The molecule has 29 heavy (non-hydrogen) atoms. The molecule has 0 radical (unpaired) electrons. The van der Waals surface area contributed by atoms with Crippen LogP contribution in [0.4, 0.5) is 17.3 Å². The average Bonchev–Trinajstić information content (AvgIpc) is 2.74. The summed E-state index contributed by atoms with van der Waals surface area (Å²) < 4.78 is 4.88. The molecule has 0 aliphatic heterocycles. The van der Waals surface area contributed by atoms with Gasteiger partial charge in [0.25, 0.3) is 0 Å². The molecule has 150 valence electrons. The molecule has 6 heteroatoms. The highest BCUT2D eigenvalue weighted by Gasteiger charge is 2.13.